The molecule has 3 heterocycles. The molecule has 0 saturated carbocycles. The molecule has 2 aliphatic rings. The second-order valence-electron chi connectivity index (χ2n) is 7.42. The Bertz CT molecular complexity index is 765. The summed E-state index contributed by atoms with van der Waals surface area (Å²) in [6.45, 7) is 9.02. The van der Waals surface area contributed by atoms with Crippen molar-refractivity contribution < 1.29 is 4.74 Å². The topological polar surface area (TPSA) is 57.9 Å². The van der Waals surface area contributed by atoms with Crippen LogP contribution in [0.1, 0.15) is 6.42 Å². The summed E-state index contributed by atoms with van der Waals surface area (Å²) in [4.78, 5) is 13.9. The normalized spacial score (nSPS) is 21.1. The number of para-hydroxylation sites is 2. The van der Waals surface area contributed by atoms with Crippen molar-refractivity contribution in [2.75, 3.05) is 59.5 Å². The van der Waals surface area contributed by atoms with Crippen molar-refractivity contribution in [1.29, 1.82) is 0 Å². The van der Waals surface area contributed by atoms with Crippen LogP contribution in [0, 0.1) is 5.92 Å². The molecule has 0 spiro atoms. The van der Waals surface area contributed by atoms with Gasteiger partial charge >= 0.3 is 0 Å². The van der Waals surface area contributed by atoms with E-state index >= 15 is 0 Å². The molecule has 1 N–H and O–H groups in total. The van der Waals surface area contributed by atoms with Crippen LogP contribution < -0.4 is 5.32 Å². The Kier molecular flexibility index (Phi) is 7.92. The zero-order valence-corrected chi connectivity index (χ0v) is 18.9. The Morgan fingerprint density at radius 2 is 2.07 bits per heavy atom. The van der Waals surface area contributed by atoms with Crippen LogP contribution in [-0.2, 0) is 11.3 Å². The molecule has 4 rings (SSSR count). The Morgan fingerprint density at radius 1 is 1.25 bits per heavy atom. The van der Waals surface area contributed by atoms with Gasteiger partial charge in [0.2, 0.25) is 0 Å². The number of guanidine groups is 1. The third-order valence-corrected chi connectivity index (χ3v) is 5.59. The van der Waals surface area contributed by atoms with Crippen LogP contribution in [0.15, 0.2) is 35.6 Å². The number of ether oxygens (including phenoxy) is 1. The number of rotatable bonds is 5. The van der Waals surface area contributed by atoms with E-state index in [-0.39, 0.29) is 24.0 Å². The molecule has 7 nitrogen and oxygen atoms in total. The van der Waals surface area contributed by atoms with Crippen molar-refractivity contribution in [3.8, 4) is 0 Å². The lowest BCUT2D eigenvalue weighted by atomic mass is 10.1. The molecule has 1 aromatic heterocycles. The number of nitrogens with zero attached hydrogens (tertiary/aromatic N) is 5. The van der Waals surface area contributed by atoms with Gasteiger partial charge in [-0.3, -0.25) is 9.89 Å². The fraction of sp³-hybridized carbons (Fsp3) is 0.600. The van der Waals surface area contributed by atoms with Gasteiger partial charge in [0.1, 0.15) is 0 Å². The van der Waals surface area contributed by atoms with Crippen LogP contribution in [0.5, 0.6) is 0 Å². The Labute approximate surface area is 184 Å². The summed E-state index contributed by atoms with van der Waals surface area (Å²) in [5, 5.41) is 3.52. The molecule has 28 heavy (non-hydrogen) atoms. The van der Waals surface area contributed by atoms with Crippen LogP contribution in [0.4, 0.5) is 0 Å². The van der Waals surface area contributed by atoms with Crippen molar-refractivity contribution in [2.24, 2.45) is 10.9 Å². The van der Waals surface area contributed by atoms with Gasteiger partial charge in [0.15, 0.2) is 5.96 Å². The fourth-order valence-electron chi connectivity index (χ4n) is 4.04. The minimum absolute atomic E-state index is 0. The third-order valence-electron chi connectivity index (χ3n) is 5.59. The zero-order chi connectivity index (χ0) is 18.5. The minimum Gasteiger partial charge on any atom is -0.381 e. The number of fused-ring (bicyclic) bond motifs is 1. The van der Waals surface area contributed by atoms with E-state index in [9.17, 15) is 0 Å². The molecule has 1 aromatic carbocycles. The third kappa shape index (κ3) is 5.15. The van der Waals surface area contributed by atoms with E-state index in [1.54, 1.807) is 0 Å². The standard InChI is InChI=1S/C20H30N6O.HI/c1-21-20(22-7-8-26-16-23-18-4-2-3-5-19(18)26)25-11-9-24(10-12-25)14-17-6-13-27-15-17;/h2-5,16-17H,6-15H2,1H3,(H,21,22);1H. The van der Waals surface area contributed by atoms with Crippen LogP contribution in [-0.4, -0.2) is 84.8 Å². The number of imidazole rings is 1. The van der Waals surface area contributed by atoms with E-state index in [1.165, 1.54) is 18.5 Å². The predicted molar refractivity (Wildman–Crippen MR) is 123 cm³/mol. The SMILES string of the molecule is CN=C(NCCn1cnc2ccccc21)N1CCN(CC2CCOC2)CC1.I. The number of aliphatic imine (C=N–C) groups is 1. The number of benzene rings is 1. The first-order chi connectivity index (χ1) is 13.3. The van der Waals surface area contributed by atoms with Crippen LogP contribution >= 0.6 is 24.0 Å². The summed E-state index contributed by atoms with van der Waals surface area (Å²) in [5.41, 5.74) is 2.23. The summed E-state index contributed by atoms with van der Waals surface area (Å²) in [5.74, 6) is 1.72. The molecule has 2 aromatic rings. The first-order valence-electron chi connectivity index (χ1n) is 9.99. The lowest BCUT2D eigenvalue weighted by molar-refractivity contribution is 0.139. The zero-order valence-electron chi connectivity index (χ0n) is 16.6. The summed E-state index contributed by atoms with van der Waals surface area (Å²) >= 11 is 0. The van der Waals surface area contributed by atoms with E-state index in [0.717, 1.165) is 69.9 Å². The second-order valence-corrected chi connectivity index (χ2v) is 7.42. The number of halogens is 1. The maximum absolute atomic E-state index is 5.50. The van der Waals surface area contributed by atoms with Crippen molar-refractivity contribution in [3.63, 3.8) is 0 Å². The molecular formula is C20H31IN6O. The first kappa shape index (κ1) is 21.3. The molecule has 2 aliphatic heterocycles. The number of nitrogens with one attached hydrogen (secondary N) is 1. The van der Waals surface area contributed by atoms with E-state index in [0.29, 0.717) is 0 Å². The molecule has 2 fully saturated rings. The quantitative estimate of drug-likeness (QED) is 0.388. The monoisotopic (exact) mass is 498 g/mol. The van der Waals surface area contributed by atoms with Crippen molar-refractivity contribution in [3.05, 3.63) is 30.6 Å². The Morgan fingerprint density at radius 3 is 2.82 bits per heavy atom. The Hall–Kier alpha value is -1.39. The van der Waals surface area contributed by atoms with Gasteiger partial charge in [0.05, 0.1) is 24.0 Å². The van der Waals surface area contributed by atoms with Crippen molar-refractivity contribution in [2.45, 2.75) is 13.0 Å². The van der Waals surface area contributed by atoms with E-state index in [2.05, 4.69) is 47.9 Å². The van der Waals surface area contributed by atoms with Crippen LogP contribution in [0.2, 0.25) is 0 Å². The molecule has 1 atom stereocenters. The average molecular weight is 498 g/mol. The highest BCUT2D eigenvalue weighted by atomic mass is 127. The summed E-state index contributed by atoms with van der Waals surface area (Å²) in [7, 11) is 1.87. The molecule has 0 bridgehead atoms. The van der Waals surface area contributed by atoms with Gasteiger partial charge < -0.3 is 19.5 Å². The number of piperazine rings is 1. The Balaban J connectivity index is 0.00000225. The summed E-state index contributed by atoms with van der Waals surface area (Å²) in [6.07, 6.45) is 3.13. The number of hydrogen-bond donors (Lipinski definition) is 1. The van der Waals surface area contributed by atoms with Gasteiger partial charge in [0, 0.05) is 59.5 Å². The molecular weight excluding hydrogens is 467 g/mol. The minimum atomic E-state index is 0. The van der Waals surface area contributed by atoms with Crippen LogP contribution in [0.25, 0.3) is 11.0 Å². The molecule has 0 radical (unpaired) electrons. The second kappa shape index (κ2) is 10.4. The van der Waals surface area contributed by atoms with Crippen molar-refractivity contribution >= 4 is 41.0 Å². The number of hydrogen-bond acceptors (Lipinski definition) is 4. The van der Waals surface area contributed by atoms with Crippen LogP contribution in [0.3, 0.4) is 0 Å². The highest BCUT2D eigenvalue weighted by molar-refractivity contribution is 14.0. The van der Waals surface area contributed by atoms with Crippen molar-refractivity contribution in [1.82, 2.24) is 24.7 Å². The maximum atomic E-state index is 5.50. The average Bonchev–Trinajstić information content (AvgIpc) is 3.36. The summed E-state index contributed by atoms with van der Waals surface area (Å²) < 4.78 is 7.70. The molecule has 0 aliphatic carbocycles. The lowest BCUT2D eigenvalue weighted by Gasteiger charge is -2.37. The molecule has 8 heteroatoms. The van der Waals surface area contributed by atoms with Gasteiger partial charge in [-0.05, 0) is 24.5 Å². The predicted octanol–water partition coefficient (Wildman–Crippen LogP) is 1.88. The van der Waals surface area contributed by atoms with Gasteiger partial charge in [-0.25, -0.2) is 4.98 Å². The van der Waals surface area contributed by atoms with Gasteiger partial charge in [0.25, 0.3) is 0 Å². The molecule has 2 saturated heterocycles. The fourth-order valence-corrected chi connectivity index (χ4v) is 4.04. The van der Waals surface area contributed by atoms with Gasteiger partial charge in [-0.15, -0.1) is 24.0 Å². The largest absolute Gasteiger partial charge is 0.381 e. The number of aromatic nitrogens is 2. The highest BCUT2D eigenvalue weighted by Crippen LogP contribution is 2.15. The van der Waals surface area contributed by atoms with Gasteiger partial charge in [-0.1, -0.05) is 12.1 Å². The first-order valence-corrected chi connectivity index (χ1v) is 9.99. The highest BCUT2D eigenvalue weighted by Gasteiger charge is 2.23. The van der Waals surface area contributed by atoms with E-state index < -0.39 is 0 Å². The van der Waals surface area contributed by atoms with E-state index in [1.807, 2.05) is 19.4 Å². The lowest BCUT2D eigenvalue weighted by Crippen LogP contribution is -2.53. The summed E-state index contributed by atoms with van der Waals surface area (Å²) in [6, 6.07) is 8.25. The molecule has 1 unspecified atom stereocenters. The molecule has 154 valence electrons. The maximum Gasteiger partial charge on any atom is 0.193 e. The van der Waals surface area contributed by atoms with E-state index in [4.69, 9.17) is 4.74 Å². The smallest absolute Gasteiger partial charge is 0.193 e. The van der Waals surface area contributed by atoms with Gasteiger partial charge in [-0.2, -0.15) is 0 Å². The molecule has 0 amide bonds.